The van der Waals surface area contributed by atoms with Crippen molar-refractivity contribution >= 4 is 23.1 Å². The van der Waals surface area contributed by atoms with Gasteiger partial charge in [0.15, 0.2) is 6.29 Å². The molecule has 3 atom stereocenters. The van der Waals surface area contributed by atoms with Crippen molar-refractivity contribution in [2.45, 2.75) is 36.3 Å². The molecule has 3 unspecified atom stereocenters. The largest absolute Gasteiger partial charge is 0.368 e. The molecule has 0 radical (unpaired) electrons. The third-order valence-corrected chi connectivity index (χ3v) is 9.82. The summed E-state index contributed by atoms with van der Waals surface area (Å²) in [6, 6.07) is 21.0. The molecule has 3 aromatic carbocycles. The van der Waals surface area contributed by atoms with Gasteiger partial charge in [0.2, 0.25) is 0 Å². The molecule has 2 aliphatic heterocycles. The number of nitriles is 1. The molecule has 2 fully saturated rings. The number of piperazine rings is 1. The highest BCUT2D eigenvalue weighted by Crippen LogP contribution is 2.38. The van der Waals surface area contributed by atoms with Gasteiger partial charge < -0.3 is 19.3 Å². The first-order valence-electron chi connectivity index (χ1n) is 15.8. The van der Waals surface area contributed by atoms with Crippen molar-refractivity contribution < 1.29 is 18.3 Å². The molecular formula is C34H33F2N9O3S. The van der Waals surface area contributed by atoms with Gasteiger partial charge in [0.1, 0.15) is 42.3 Å². The van der Waals surface area contributed by atoms with E-state index >= 15 is 0 Å². The Balaban J connectivity index is 0.927. The van der Waals surface area contributed by atoms with Crippen LogP contribution in [0.3, 0.4) is 0 Å². The summed E-state index contributed by atoms with van der Waals surface area (Å²) in [6.45, 7) is 5.27. The van der Waals surface area contributed by atoms with Crippen LogP contribution in [-0.4, -0.2) is 73.9 Å². The maximum atomic E-state index is 14.9. The summed E-state index contributed by atoms with van der Waals surface area (Å²) in [5.41, 5.74) is 1.59. The predicted molar refractivity (Wildman–Crippen MR) is 179 cm³/mol. The van der Waals surface area contributed by atoms with E-state index in [2.05, 4.69) is 49.2 Å². The second kappa shape index (κ2) is 13.8. The van der Waals surface area contributed by atoms with E-state index in [4.69, 9.17) is 14.7 Å². The lowest BCUT2D eigenvalue weighted by atomic mass is 9.94. The fourth-order valence-electron chi connectivity index (χ4n) is 6.15. The second-order valence-electron chi connectivity index (χ2n) is 11.9. The first kappa shape index (κ1) is 32.5. The lowest BCUT2D eigenvalue weighted by molar-refractivity contribution is -0.0848. The molecule has 49 heavy (non-hydrogen) atoms. The molecule has 7 rings (SSSR count). The molecule has 0 saturated carbocycles. The van der Waals surface area contributed by atoms with Crippen molar-refractivity contribution in [1.29, 1.82) is 5.26 Å². The van der Waals surface area contributed by atoms with Crippen LogP contribution < -0.4 is 15.5 Å². The van der Waals surface area contributed by atoms with Crippen LogP contribution in [0.5, 0.6) is 0 Å². The minimum atomic E-state index is -1.17. The molecule has 0 spiro atoms. The van der Waals surface area contributed by atoms with E-state index in [1.165, 1.54) is 40.4 Å². The van der Waals surface area contributed by atoms with Crippen molar-refractivity contribution in [2.24, 2.45) is 0 Å². The van der Waals surface area contributed by atoms with Gasteiger partial charge in [-0.3, -0.25) is 0 Å². The first-order chi connectivity index (χ1) is 23.8. The lowest BCUT2D eigenvalue weighted by Gasteiger charge is -2.37. The fourth-order valence-corrected chi connectivity index (χ4v) is 6.97. The number of nitrogens with zero attached hydrogens (tertiary/aromatic N) is 9. The number of halogens is 2. The number of aromatic nitrogens is 6. The SMILES string of the molecule is CC(C#N)n1ncn(-c2ccc(N3CCN(c4ccc(SCC5OCC(Cn6cncn6)(c6ccc(F)cc6F)O5)cc4)CC3)cc2)c1=O. The summed E-state index contributed by atoms with van der Waals surface area (Å²) in [5, 5.41) is 17.3. The number of ether oxygens (including phenoxy) is 2. The van der Waals surface area contributed by atoms with Gasteiger partial charge in [-0.25, -0.2) is 27.8 Å². The molecule has 0 aliphatic carbocycles. The normalized spacial score (nSPS) is 20.0. The summed E-state index contributed by atoms with van der Waals surface area (Å²) in [5.74, 6) is -0.876. The number of hydrogen-bond donors (Lipinski definition) is 0. The van der Waals surface area contributed by atoms with Gasteiger partial charge in [0.05, 0.1) is 24.9 Å². The molecule has 0 amide bonds. The molecule has 252 valence electrons. The zero-order valence-electron chi connectivity index (χ0n) is 26.6. The van der Waals surface area contributed by atoms with Crippen LogP contribution in [0.15, 0.2) is 95.4 Å². The van der Waals surface area contributed by atoms with Crippen LogP contribution in [-0.2, 0) is 21.6 Å². The van der Waals surface area contributed by atoms with Gasteiger partial charge in [0, 0.05) is 59.8 Å². The number of anilines is 2. The van der Waals surface area contributed by atoms with Gasteiger partial charge in [-0.2, -0.15) is 20.1 Å². The molecule has 0 N–H and O–H groups in total. The molecule has 2 saturated heterocycles. The quantitative estimate of drug-likeness (QED) is 0.196. The Kier molecular flexibility index (Phi) is 9.17. The van der Waals surface area contributed by atoms with E-state index in [0.717, 1.165) is 48.5 Å². The average molecular weight is 686 g/mol. The van der Waals surface area contributed by atoms with Crippen molar-refractivity contribution in [3.8, 4) is 11.8 Å². The van der Waals surface area contributed by atoms with Gasteiger partial charge >= 0.3 is 5.69 Å². The Hall–Kier alpha value is -5.04. The van der Waals surface area contributed by atoms with Crippen LogP contribution in [0.25, 0.3) is 5.69 Å². The van der Waals surface area contributed by atoms with E-state index in [1.807, 2.05) is 30.3 Å². The molecule has 15 heteroatoms. The highest BCUT2D eigenvalue weighted by molar-refractivity contribution is 7.99. The fraction of sp³-hybridized carbons (Fsp3) is 0.324. The highest BCUT2D eigenvalue weighted by Gasteiger charge is 2.45. The van der Waals surface area contributed by atoms with Crippen LogP contribution >= 0.6 is 11.8 Å². The van der Waals surface area contributed by atoms with Gasteiger partial charge in [-0.05, 0) is 61.5 Å². The zero-order valence-corrected chi connectivity index (χ0v) is 27.4. The number of thioether (sulfide) groups is 1. The Morgan fingerprint density at radius 2 is 1.63 bits per heavy atom. The Bertz CT molecular complexity index is 1990. The van der Waals surface area contributed by atoms with Crippen molar-refractivity contribution in [1.82, 2.24) is 29.1 Å². The summed E-state index contributed by atoms with van der Waals surface area (Å²) in [6.07, 6.45) is 3.75. The first-order valence-corrected chi connectivity index (χ1v) is 16.8. The minimum Gasteiger partial charge on any atom is -0.368 e. The molecule has 12 nitrogen and oxygen atoms in total. The Labute approximate surface area is 285 Å². The van der Waals surface area contributed by atoms with Gasteiger partial charge in [-0.15, -0.1) is 11.8 Å². The molecule has 2 aromatic heterocycles. The summed E-state index contributed by atoms with van der Waals surface area (Å²) in [4.78, 5) is 22.3. The van der Waals surface area contributed by atoms with E-state index < -0.39 is 29.6 Å². The Morgan fingerprint density at radius 1 is 0.959 bits per heavy atom. The van der Waals surface area contributed by atoms with Crippen LogP contribution in [0.2, 0.25) is 0 Å². The third kappa shape index (κ3) is 6.80. The molecule has 5 aromatic rings. The molecule has 2 aliphatic rings. The number of benzene rings is 3. The lowest BCUT2D eigenvalue weighted by Crippen LogP contribution is -2.46. The van der Waals surface area contributed by atoms with Gasteiger partial charge in [0.25, 0.3) is 0 Å². The van der Waals surface area contributed by atoms with Gasteiger partial charge in [-0.1, -0.05) is 6.07 Å². The van der Waals surface area contributed by atoms with E-state index in [9.17, 15) is 13.6 Å². The van der Waals surface area contributed by atoms with Crippen molar-refractivity contribution in [2.75, 3.05) is 48.3 Å². The second-order valence-corrected chi connectivity index (χ2v) is 13.0. The van der Waals surface area contributed by atoms with Crippen LogP contribution in [0.1, 0.15) is 18.5 Å². The zero-order chi connectivity index (χ0) is 34.0. The maximum absolute atomic E-state index is 14.9. The van der Waals surface area contributed by atoms with E-state index in [0.29, 0.717) is 11.4 Å². The molecule has 0 bridgehead atoms. The summed E-state index contributed by atoms with van der Waals surface area (Å²) < 4.78 is 45.1. The van der Waals surface area contributed by atoms with Crippen LogP contribution in [0.4, 0.5) is 20.2 Å². The topological polar surface area (TPSA) is 119 Å². The van der Waals surface area contributed by atoms with Crippen molar-refractivity contribution in [3.63, 3.8) is 0 Å². The Morgan fingerprint density at radius 3 is 2.27 bits per heavy atom. The standard InChI is InChI=1S/C34H33F2N9O3S/c1-24(17-37)45-33(46)44(23-40-45)28-5-3-26(4-6-28)41-12-14-42(15-13-41)27-7-9-29(10-8-27)49-18-32-47-20-34(48-32,19-43-22-38-21-39-43)30-11-2-25(35)16-31(30)36/h2-11,16,21-24,32H,12-15,18-20H2,1H3. The summed E-state index contributed by atoms with van der Waals surface area (Å²) >= 11 is 1.58. The van der Waals surface area contributed by atoms with E-state index in [-0.39, 0.29) is 24.4 Å². The summed E-state index contributed by atoms with van der Waals surface area (Å²) in [7, 11) is 0. The van der Waals surface area contributed by atoms with Crippen LogP contribution in [0, 0.1) is 23.0 Å². The van der Waals surface area contributed by atoms with Crippen molar-refractivity contribution in [3.05, 3.63) is 113 Å². The monoisotopic (exact) mass is 685 g/mol. The minimum absolute atomic E-state index is 0.0874. The number of hydrogen-bond acceptors (Lipinski definition) is 10. The third-order valence-electron chi connectivity index (χ3n) is 8.77. The maximum Gasteiger partial charge on any atom is 0.351 e. The average Bonchev–Trinajstić information content (AvgIpc) is 3.88. The smallest absolute Gasteiger partial charge is 0.351 e. The van der Waals surface area contributed by atoms with E-state index in [1.54, 1.807) is 23.4 Å². The number of rotatable bonds is 10. The molecular weight excluding hydrogens is 652 g/mol. The molecule has 4 heterocycles. The predicted octanol–water partition coefficient (Wildman–Crippen LogP) is 4.38. The highest BCUT2D eigenvalue weighted by atomic mass is 32.2.